The van der Waals surface area contributed by atoms with E-state index in [0.29, 0.717) is 18.8 Å². The molecule has 2 atom stereocenters. The van der Waals surface area contributed by atoms with Gasteiger partial charge in [0.2, 0.25) is 5.91 Å². The van der Waals surface area contributed by atoms with Crippen molar-refractivity contribution in [3.8, 4) is 5.75 Å². The highest BCUT2D eigenvalue weighted by Gasteiger charge is 2.30. The molecule has 0 saturated carbocycles. The number of piperazine rings is 1. The summed E-state index contributed by atoms with van der Waals surface area (Å²) >= 11 is 3.39. The highest BCUT2D eigenvalue weighted by molar-refractivity contribution is 9.10. The van der Waals surface area contributed by atoms with Crippen molar-refractivity contribution in [1.29, 1.82) is 0 Å². The third-order valence-corrected chi connectivity index (χ3v) is 4.26. The summed E-state index contributed by atoms with van der Waals surface area (Å²) in [6, 6.07) is 4.72. The van der Waals surface area contributed by atoms with Crippen molar-refractivity contribution in [3.05, 3.63) is 28.2 Å². The predicted molar refractivity (Wildman–Crippen MR) is 86.8 cm³/mol. The molecule has 6 nitrogen and oxygen atoms in total. The number of hydrogen-bond acceptors (Lipinski definition) is 3. The van der Waals surface area contributed by atoms with Crippen molar-refractivity contribution in [2.45, 2.75) is 25.9 Å². The Kier molecular flexibility index (Phi) is 5.28. The van der Waals surface area contributed by atoms with Crippen LogP contribution in [0, 0.1) is 0 Å². The van der Waals surface area contributed by atoms with Crippen molar-refractivity contribution in [2.75, 3.05) is 20.2 Å². The lowest BCUT2D eigenvalue weighted by Gasteiger charge is -2.33. The van der Waals surface area contributed by atoms with Crippen LogP contribution in [0.2, 0.25) is 0 Å². The molecule has 0 radical (unpaired) electrons. The van der Waals surface area contributed by atoms with E-state index in [4.69, 9.17) is 4.74 Å². The Labute approximate surface area is 138 Å². The molecule has 2 unspecified atom stereocenters. The average molecular weight is 370 g/mol. The number of nitrogens with zero attached hydrogens (tertiary/aromatic N) is 1. The second-order valence-electron chi connectivity index (χ2n) is 5.22. The van der Waals surface area contributed by atoms with Crippen molar-refractivity contribution in [2.24, 2.45) is 0 Å². The monoisotopic (exact) mass is 369 g/mol. The Morgan fingerprint density at radius 2 is 2.27 bits per heavy atom. The summed E-state index contributed by atoms with van der Waals surface area (Å²) in [5.74, 6) is 0.571. The standard InChI is InChI=1S/C15H20BrN3O3/c1-9(12-5-4-11(16)8-13(12)22-3)18-15(21)19-7-6-17-14(20)10(19)2/h4-5,8-10H,6-7H2,1-3H3,(H,17,20)(H,18,21). The SMILES string of the molecule is COc1cc(Br)ccc1C(C)NC(=O)N1CCNC(=O)C1C. The Hall–Kier alpha value is -1.76. The lowest BCUT2D eigenvalue weighted by Crippen LogP contribution is -2.58. The van der Waals surface area contributed by atoms with E-state index in [-0.39, 0.29) is 18.0 Å². The van der Waals surface area contributed by atoms with Crippen molar-refractivity contribution in [3.63, 3.8) is 0 Å². The Morgan fingerprint density at radius 1 is 1.55 bits per heavy atom. The number of benzene rings is 1. The van der Waals surface area contributed by atoms with Gasteiger partial charge in [-0.1, -0.05) is 22.0 Å². The lowest BCUT2D eigenvalue weighted by atomic mass is 10.1. The molecule has 0 aliphatic carbocycles. The maximum atomic E-state index is 12.4. The first-order valence-corrected chi connectivity index (χ1v) is 7.91. The van der Waals surface area contributed by atoms with E-state index in [1.54, 1.807) is 18.9 Å². The number of rotatable bonds is 3. The van der Waals surface area contributed by atoms with E-state index in [0.717, 1.165) is 10.0 Å². The Balaban J connectivity index is 2.09. The van der Waals surface area contributed by atoms with Crippen molar-refractivity contribution >= 4 is 27.9 Å². The molecule has 1 saturated heterocycles. The van der Waals surface area contributed by atoms with Crippen LogP contribution in [0.4, 0.5) is 4.79 Å². The van der Waals surface area contributed by atoms with Crippen LogP contribution in [-0.2, 0) is 4.79 Å². The maximum absolute atomic E-state index is 12.4. The van der Waals surface area contributed by atoms with Crippen LogP contribution >= 0.6 is 15.9 Å². The van der Waals surface area contributed by atoms with Crippen LogP contribution in [0.5, 0.6) is 5.75 Å². The molecule has 3 amide bonds. The smallest absolute Gasteiger partial charge is 0.318 e. The van der Waals surface area contributed by atoms with Gasteiger partial charge in [-0.3, -0.25) is 4.79 Å². The quantitative estimate of drug-likeness (QED) is 0.856. The largest absolute Gasteiger partial charge is 0.496 e. The first-order chi connectivity index (χ1) is 10.4. The van der Waals surface area contributed by atoms with Crippen LogP contribution in [0.1, 0.15) is 25.5 Å². The summed E-state index contributed by atoms with van der Waals surface area (Å²) in [6.07, 6.45) is 0. The number of amides is 3. The average Bonchev–Trinajstić information content (AvgIpc) is 2.49. The number of urea groups is 1. The molecular formula is C15H20BrN3O3. The molecule has 7 heteroatoms. The van der Waals surface area contributed by atoms with Gasteiger partial charge in [0.05, 0.1) is 13.2 Å². The van der Waals surface area contributed by atoms with Crippen LogP contribution < -0.4 is 15.4 Å². The van der Waals surface area contributed by atoms with Gasteiger partial charge < -0.3 is 20.3 Å². The molecular weight excluding hydrogens is 350 g/mol. The van der Waals surface area contributed by atoms with Crippen LogP contribution in [0.25, 0.3) is 0 Å². The second-order valence-corrected chi connectivity index (χ2v) is 6.13. The number of carbonyl (C=O) groups excluding carboxylic acids is 2. The van der Waals surface area contributed by atoms with E-state index in [1.807, 2.05) is 25.1 Å². The number of methoxy groups -OCH3 is 1. The summed E-state index contributed by atoms with van der Waals surface area (Å²) in [7, 11) is 1.59. The fourth-order valence-corrected chi connectivity index (χ4v) is 2.79. The minimum absolute atomic E-state index is 0.129. The summed E-state index contributed by atoms with van der Waals surface area (Å²) in [5, 5.41) is 5.66. The molecule has 1 aliphatic heterocycles. The third kappa shape index (κ3) is 3.52. The van der Waals surface area contributed by atoms with E-state index in [9.17, 15) is 9.59 Å². The lowest BCUT2D eigenvalue weighted by molar-refractivity contribution is -0.126. The third-order valence-electron chi connectivity index (χ3n) is 3.76. The molecule has 2 N–H and O–H groups in total. The van der Waals surface area contributed by atoms with Gasteiger partial charge in [0, 0.05) is 23.1 Å². The summed E-state index contributed by atoms with van der Waals surface area (Å²) in [6.45, 7) is 4.59. The molecule has 2 rings (SSSR count). The van der Waals surface area contributed by atoms with Gasteiger partial charge in [0.1, 0.15) is 11.8 Å². The van der Waals surface area contributed by atoms with E-state index < -0.39 is 6.04 Å². The summed E-state index contributed by atoms with van der Waals surface area (Å²) in [4.78, 5) is 25.6. The van der Waals surface area contributed by atoms with Crippen LogP contribution in [-0.4, -0.2) is 43.1 Å². The number of halogens is 1. The van der Waals surface area contributed by atoms with Crippen molar-refractivity contribution < 1.29 is 14.3 Å². The minimum Gasteiger partial charge on any atom is -0.496 e. The zero-order valence-corrected chi connectivity index (χ0v) is 14.4. The molecule has 1 fully saturated rings. The Bertz CT molecular complexity index is 579. The Morgan fingerprint density at radius 3 is 2.95 bits per heavy atom. The summed E-state index contributed by atoms with van der Waals surface area (Å²) in [5.41, 5.74) is 0.883. The van der Waals surface area contributed by atoms with Gasteiger partial charge in [-0.05, 0) is 26.0 Å². The predicted octanol–water partition coefficient (Wildman–Crippen LogP) is 2.05. The molecule has 22 heavy (non-hydrogen) atoms. The van der Waals surface area contributed by atoms with Gasteiger partial charge in [-0.2, -0.15) is 0 Å². The zero-order valence-electron chi connectivity index (χ0n) is 12.9. The number of nitrogens with one attached hydrogen (secondary N) is 2. The van der Waals surface area contributed by atoms with Gasteiger partial charge in [-0.25, -0.2) is 4.79 Å². The van der Waals surface area contributed by atoms with Crippen molar-refractivity contribution in [1.82, 2.24) is 15.5 Å². The summed E-state index contributed by atoms with van der Waals surface area (Å²) < 4.78 is 6.26. The topological polar surface area (TPSA) is 70.7 Å². The fourth-order valence-electron chi connectivity index (χ4n) is 2.45. The van der Waals surface area contributed by atoms with Gasteiger partial charge in [0.25, 0.3) is 0 Å². The molecule has 1 heterocycles. The fraction of sp³-hybridized carbons (Fsp3) is 0.467. The van der Waals surface area contributed by atoms with Gasteiger partial charge >= 0.3 is 6.03 Å². The molecule has 0 spiro atoms. The molecule has 1 aromatic carbocycles. The van der Waals surface area contributed by atoms with E-state index >= 15 is 0 Å². The number of carbonyl (C=O) groups is 2. The number of hydrogen-bond donors (Lipinski definition) is 2. The van der Waals surface area contributed by atoms with Gasteiger partial charge in [-0.15, -0.1) is 0 Å². The van der Waals surface area contributed by atoms with Gasteiger partial charge in [0.15, 0.2) is 0 Å². The second kappa shape index (κ2) is 7.00. The van der Waals surface area contributed by atoms with E-state index in [1.165, 1.54) is 0 Å². The maximum Gasteiger partial charge on any atom is 0.318 e. The molecule has 120 valence electrons. The molecule has 1 aliphatic rings. The molecule has 0 bridgehead atoms. The zero-order chi connectivity index (χ0) is 16.3. The first kappa shape index (κ1) is 16.6. The highest BCUT2D eigenvalue weighted by Crippen LogP contribution is 2.28. The van der Waals surface area contributed by atoms with E-state index in [2.05, 4.69) is 26.6 Å². The normalized spacial score (nSPS) is 19.4. The minimum atomic E-state index is -0.465. The molecule has 1 aromatic rings. The van der Waals surface area contributed by atoms with Crippen LogP contribution in [0.15, 0.2) is 22.7 Å². The highest BCUT2D eigenvalue weighted by atomic mass is 79.9. The van der Waals surface area contributed by atoms with Crippen LogP contribution in [0.3, 0.4) is 0 Å². The number of ether oxygens (including phenoxy) is 1. The molecule has 0 aromatic heterocycles. The first-order valence-electron chi connectivity index (χ1n) is 7.12.